The van der Waals surface area contributed by atoms with Gasteiger partial charge in [0.05, 0.1) is 23.2 Å². The molecule has 0 aliphatic rings. The second-order valence-electron chi connectivity index (χ2n) is 5.33. The van der Waals surface area contributed by atoms with E-state index in [0.717, 1.165) is 21.4 Å². The Morgan fingerprint density at radius 3 is 2.67 bits per heavy atom. The van der Waals surface area contributed by atoms with Gasteiger partial charge in [0.2, 0.25) is 0 Å². The molecule has 1 aromatic heterocycles. The zero-order valence-electron chi connectivity index (χ0n) is 13.1. The zero-order valence-corrected chi connectivity index (χ0v) is 15.4. The molecule has 0 fully saturated rings. The van der Waals surface area contributed by atoms with Crippen LogP contribution in [-0.4, -0.2) is 13.0 Å². The van der Waals surface area contributed by atoms with E-state index in [1.165, 1.54) is 11.3 Å². The van der Waals surface area contributed by atoms with Crippen molar-refractivity contribution in [1.82, 2.24) is 5.32 Å². The highest BCUT2D eigenvalue weighted by atomic mass is 35.5. The number of amides is 1. The third kappa shape index (κ3) is 3.22. The largest absolute Gasteiger partial charge is 0.497 e. The van der Waals surface area contributed by atoms with Crippen LogP contribution >= 0.6 is 34.5 Å². The first-order chi connectivity index (χ1) is 11.5. The first-order valence-corrected chi connectivity index (χ1v) is 8.90. The number of ether oxygens (including phenoxy) is 1. The molecule has 0 saturated carbocycles. The third-order valence-electron chi connectivity index (χ3n) is 3.75. The lowest BCUT2D eigenvalue weighted by Crippen LogP contribution is -2.26. The fourth-order valence-corrected chi connectivity index (χ4v) is 4.33. The summed E-state index contributed by atoms with van der Waals surface area (Å²) in [4.78, 5) is 13.1. The average Bonchev–Trinajstić information content (AvgIpc) is 2.93. The summed E-state index contributed by atoms with van der Waals surface area (Å²) >= 11 is 13.9. The lowest BCUT2D eigenvalue weighted by molar-refractivity contribution is 0.0944. The Labute approximate surface area is 154 Å². The predicted octanol–water partition coefficient (Wildman–Crippen LogP) is 5.71. The maximum Gasteiger partial charge on any atom is 0.263 e. The van der Waals surface area contributed by atoms with Crippen LogP contribution in [0.3, 0.4) is 0 Å². The van der Waals surface area contributed by atoms with Gasteiger partial charge in [-0.15, -0.1) is 11.3 Å². The number of methoxy groups -OCH3 is 1. The molecule has 1 N–H and O–H groups in total. The summed E-state index contributed by atoms with van der Waals surface area (Å²) in [5, 5.41) is 4.65. The van der Waals surface area contributed by atoms with Crippen LogP contribution in [0.5, 0.6) is 5.75 Å². The van der Waals surface area contributed by atoms with Crippen LogP contribution in [0.1, 0.15) is 28.2 Å². The molecule has 0 aliphatic heterocycles. The van der Waals surface area contributed by atoms with Crippen molar-refractivity contribution < 1.29 is 9.53 Å². The molecule has 124 valence electrons. The van der Waals surface area contributed by atoms with E-state index < -0.39 is 0 Å². The Hall–Kier alpha value is -1.75. The normalized spacial score (nSPS) is 12.2. The van der Waals surface area contributed by atoms with E-state index in [1.807, 2.05) is 43.3 Å². The number of fused-ring (bicyclic) bond motifs is 1. The third-order valence-corrected chi connectivity index (χ3v) is 5.71. The van der Waals surface area contributed by atoms with Crippen LogP contribution < -0.4 is 10.1 Å². The molecule has 3 aromatic rings. The van der Waals surface area contributed by atoms with Gasteiger partial charge in [-0.2, -0.15) is 0 Å². The van der Waals surface area contributed by atoms with Crippen molar-refractivity contribution >= 4 is 50.5 Å². The van der Waals surface area contributed by atoms with Crippen molar-refractivity contribution in [3.8, 4) is 5.75 Å². The first-order valence-electron chi connectivity index (χ1n) is 7.32. The summed E-state index contributed by atoms with van der Waals surface area (Å²) in [7, 11) is 1.61. The second kappa shape index (κ2) is 7.01. The Balaban J connectivity index is 1.87. The van der Waals surface area contributed by atoms with Gasteiger partial charge in [0.25, 0.3) is 5.91 Å². The fraction of sp³-hybridized carbons (Fsp3) is 0.167. The molecule has 6 heteroatoms. The first kappa shape index (κ1) is 17.1. The number of rotatable bonds is 4. The summed E-state index contributed by atoms with van der Waals surface area (Å²) in [6.07, 6.45) is 0. The van der Waals surface area contributed by atoms with Crippen molar-refractivity contribution in [2.75, 3.05) is 7.11 Å². The summed E-state index contributed by atoms with van der Waals surface area (Å²) < 4.78 is 6.12. The molecular formula is C18H15Cl2NO2S. The number of benzene rings is 2. The maximum atomic E-state index is 12.6. The minimum Gasteiger partial charge on any atom is -0.497 e. The van der Waals surface area contributed by atoms with Crippen molar-refractivity contribution in [2.24, 2.45) is 0 Å². The second-order valence-corrected chi connectivity index (χ2v) is 7.17. The van der Waals surface area contributed by atoms with Crippen molar-refractivity contribution in [2.45, 2.75) is 13.0 Å². The lowest BCUT2D eigenvalue weighted by atomic mass is 10.1. The fourth-order valence-electron chi connectivity index (χ4n) is 2.47. The number of thiophene rings is 1. The molecule has 1 amide bonds. The van der Waals surface area contributed by atoms with Crippen LogP contribution in [0.2, 0.25) is 10.0 Å². The molecule has 0 unspecified atom stereocenters. The highest BCUT2D eigenvalue weighted by Gasteiger charge is 2.20. The van der Waals surface area contributed by atoms with E-state index in [-0.39, 0.29) is 11.9 Å². The Morgan fingerprint density at radius 1 is 1.21 bits per heavy atom. The van der Waals surface area contributed by atoms with Crippen LogP contribution in [-0.2, 0) is 0 Å². The van der Waals surface area contributed by atoms with E-state index >= 15 is 0 Å². The molecule has 24 heavy (non-hydrogen) atoms. The Kier molecular flexibility index (Phi) is 4.99. The Bertz CT molecular complexity index is 907. The molecule has 0 saturated heterocycles. The van der Waals surface area contributed by atoms with Gasteiger partial charge in [-0.3, -0.25) is 4.79 Å². The smallest absolute Gasteiger partial charge is 0.263 e. The molecular weight excluding hydrogens is 365 g/mol. The maximum absolute atomic E-state index is 12.6. The molecule has 0 spiro atoms. The molecule has 0 aliphatic carbocycles. The molecule has 3 nitrogen and oxygen atoms in total. The molecule has 1 heterocycles. The van der Waals surface area contributed by atoms with E-state index in [2.05, 4.69) is 5.32 Å². The van der Waals surface area contributed by atoms with Gasteiger partial charge in [-0.05, 0) is 36.8 Å². The van der Waals surface area contributed by atoms with E-state index in [0.29, 0.717) is 14.9 Å². The SMILES string of the molecule is COc1cccc([C@@H](C)NC(=O)c2sc3cccc(Cl)c3c2Cl)c1. The number of halogens is 2. The van der Waals surface area contributed by atoms with Crippen molar-refractivity contribution in [3.63, 3.8) is 0 Å². The van der Waals surface area contributed by atoms with Crippen molar-refractivity contribution in [1.29, 1.82) is 0 Å². The monoisotopic (exact) mass is 379 g/mol. The molecule has 3 rings (SSSR count). The van der Waals surface area contributed by atoms with Crippen LogP contribution in [0.4, 0.5) is 0 Å². The highest BCUT2D eigenvalue weighted by Crippen LogP contribution is 2.39. The van der Waals surface area contributed by atoms with Gasteiger partial charge >= 0.3 is 0 Å². The Morgan fingerprint density at radius 2 is 1.96 bits per heavy atom. The topological polar surface area (TPSA) is 38.3 Å². The van der Waals surface area contributed by atoms with Gasteiger partial charge in [0.15, 0.2) is 0 Å². The summed E-state index contributed by atoms with van der Waals surface area (Å²) in [5.74, 6) is 0.535. The van der Waals surface area contributed by atoms with Gasteiger partial charge < -0.3 is 10.1 Å². The zero-order chi connectivity index (χ0) is 17.3. The van der Waals surface area contributed by atoms with E-state index in [9.17, 15) is 4.79 Å². The number of hydrogen-bond donors (Lipinski definition) is 1. The number of nitrogens with one attached hydrogen (secondary N) is 1. The van der Waals surface area contributed by atoms with Gasteiger partial charge in [-0.25, -0.2) is 0 Å². The molecule has 0 bridgehead atoms. The summed E-state index contributed by atoms with van der Waals surface area (Å²) in [6, 6.07) is 12.9. The van der Waals surface area contributed by atoms with Crippen LogP contribution in [0.25, 0.3) is 10.1 Å². The van der Waals surface area contributed by atoms with E-state index in [4.69, 9.17) is 27.9 Å². The van der Waals surface area contributed by atoms with Gasteiger partial charge in [0, 0.05) is 10.1 Å². The minimum absolute atomic E-state index is 0.177. The van der Waals surface area contributed by atoms with E-state index in [1.54, 1.807) is 13.2 Å². The number of hydrogen-bond acceptors (Lipinski definition) is 3. The van der Waals surface area contributed by atoms with Gasteiger partial charge in [0.1, 0.15) is 10.6 Å². The quantitative estimate of drug-likeness (QED) is 0.630. The lowest BCUT2D eigenvalue weighted by Gasteiger charge is -2.14. The average molecular weight is 380 g/mol. The van der Waals surface area contributed by atoms with Gasteiger partial charge in [-0.1, -0.05) is 41.4 Å². The molecule has 0 radical (unpaired) electrons. The highest BCUT2D eigenvalue weighted by molar-refractivity contribution is 7.21. The van der Waals surface area contributed by atoms with Crippen LogP contribution in [0, 0.1) is 0 Å². The standard InChI is InChI=1S/C18H15Cl2NO2S/c1-10(11-5-3-6-12(9-11)23-2)21-18(22)17-16(20)15-13(19)7-4-8-14(15)24-17/h3-10H,1-2H3,(H,21,22)/t10-/m1/s1. The predicted molar refractivity (Wildman–Crippen MR) is 101 cm³/mol. The minimum atomic E-state index is -0.215. The van der Waals surface area contributed by atoms with Crippen LogP contribution in [0.15, 0.2) is 42.5 Å². The van der Waals surface area contributed by atoms with Crippen molar-refractivity contribution in [3.05, 3.63) is 63.0 Å². The summed E-state index contributed by atoms with van der Waals surface area (Å²) in [5.41, 5.74) is 0.956. The number of carbonyl (C=O) groups excluding carboxylic acids is 1. The molecule has 2 aromatic carbocycles. The molecule has 1 atom stereocenters. The summed E-state index contributed by atoms with van der Waals surface area (Å²) in [6.45, 7) is 1.92. The number of carbonyl (C=O) groups is 1.